The summed E-state index contributed by atoms with van der Waals surface area (Å²) in [6.07, 6.45) is 4.01. The summed E-state index contributed by atoms with van der Waals surface area (Å²) >= 11 is 3.51. The first-order chi connectivity index (χ1) is 10.5. The van der Waals surface area contributed by atoms with Gasteiger partial charge < -0.3 is 10.6 Å². The van der Waals surface area contributed by atoms with Crippen LogP contribution < -0.4 is 10.6 Å². The minimum absolute atomic E-state index is 0.441. The summed E-state index contributed by atoms with van der Waals surface area (Å²) in [6.45, 7) is 8.45. The highest BCUT2D eigenvalue weighted by Gasteiger charge is 2.09. The summed E-state index contributed by atoms with van der Waals surface area (Å²) in [5.74, 6) is 1.51. The molecule has 0 atom stereocenters. The van der Waals surface area contributed by atoms with Gasteiger partial charge in [-0.2, -0.15) is 4.98 Å². The van der Waals surface area contributed by atoms with Crippen LogP contribution in [0.3, 0.4) is 0 Å². The highest BCUT2D eigenvalue weighted by molar-refractivity contribution is 9.10. The zero-order valence-electron chi connectivity index (χ0n) is 13.6. The van der Waals surface area contributed by atoms with Crippen LogP contribution in [0.4, 0.5) is 17.5 Å². The number of nitrogens with one attached hydrogen (secondary N) is 2. The van der Waals surface area contributed by atoms with Crippen molar-refractivity contribution in [2.45, 2.75) is 46.6 Å². The summed E-state index contributed by atoms with van der Waals surface area (Å²) in [4.78, 5) is 8.98. The second kappa shape index (κ2) is 7.58. The highest BCUT2D eigenvalue weighted by Crippen LogP contribution is 2.23. The van der Waals surface area contributed by atoms with Crippen molar-refractivity contribution in [2.24, 2.45) is 0 Å². The molecule has 0 spiro atoms. The van der Waals surface area contributed by atoms with E-state index in [1.165, 1.54) is 5.56 Å². The fourth-order valence-corrected chi connectivity index (χ4v) is 2.43. The molecule has 0 fully saturated rings. The second-order valence-corrected chi connectivity index (χ2v) is 6.33. The van der Waals surface area contributed by atoms with Gasteiger partial charge in [-0.1, -0.05) is 29.8 Å². The van der Waals surface area contributed by atoms with Crippen LogP contribution in [0.25, 0.3) is 0 Å². The third-order valence-corrected chi connectivity index (χ3v) is 4.60. The molecule has 1 aromatic heterocycles. The summed E-state index contributed by atoms with van der Waals surface area (Å²) in [5.41, 5.74) is 3.22. The van der Waals surface area contributed by atoms with Crippen molar-refractivity contribution in [3.05, 3.63) is 40.0 Å². The molecule has 5 heteroatoms. The van der Waals surface area contributed by atoms with E-state index >= 15 is 0 Å². The second-order valence-electron chi connectivity index (χ2n) is 5.47. The van der Waals surface area contributed by atoms with E-state index in [1.807, 2.05) is 25.3 Å². The van der Waals surface area contributed by atoms with Crippen LogP contribution in [0.1, 0.15) is 37.8 Å². The predicted molar refractivity (Wildman–Crippen MR) is 96.9 cm³/mol. The van der Waals surface area contributed by atoms with Crippen molar-refractivity contribution in [3.8, 4) is 0 Å². The SMILES string of the molecule is CCC(CC)Nc1nc(Nc2ccc(Br)c(C)c2)ncc1C. The monoisotopic (exact) mass is 362 g/mol. The van der Waals surface area contributed by atoms with Gasteiger partial charge in [-0.25, -0.2) is 4.98 Å². The van der Waals surface area contributed by atoms with Crippen molar-refractivity contribution in [1.82, 2.24) is 9.97 Å². The number of anilines is 3. The molecule has 0 bridgehead atoms. The standard InChI is InChI=1S/C17H23BrN4/c1-5-13(6-2)20-16-12(4)10-19-17(22-16)21-14-7-8-15(18)11(3)9-14/h7-10,13H,5-6H2,1-4H3,(H2,19,20,21,22). The molecule has 4 nitrogen and oxygen atoms in total. The molecule has 0 unspecified atom stereocenters. The summed E-state index contributed by atoms with van der Waals surface area (Å²) < 4.78 is 1.10. The van der Waals surface area contributed by atoms with Gasteiger partial charge >= 0.3 is 0 Å². The number of hydrogen-bond acceptors (Lipinski definition) is 4. The van der Waals surface area contributed by atoms with Gasteiger partial charge in [0.05, 0.1) is 0 Å². The molecule has 118 valence electrons. The van der Waals surface area contributed by atoms with Crippen LogP contribution in [0.15, 0.2) is 28.9 Å². The molecule has 0 saturated carbocycles. The van der Waals surface area contributed by atoms with Crippen LogP contribution in [0.2, 0.25) is 0 Å². The number of aromatic nitrogens is 2. The third kappa shape index (κ3) is 4.19. The van der Waals surface area contributed by atoms with E-state index < -0.39 is 0 Å². The molecule has 1 aromatic carbocycles. The van der Waals surface area contributed by atoms with Gasteiger partial charge in [-0.05, 0) is 50.5 Å². The zero-order valence-corrected chi connectivity index (χ0v) is 15.2. The van der Waals surface area contributed by atoms with Gasteiger partial charge in [0.1, 0.15) is 5.82 Å². The smallest absolute Gasteiger partial charge is 0.229 e. The first kappa shape index (κ1) is 16.7. The number of hydrogen-bond donors (Lipinski definition) is 2. The Morgan fingerprint density at radius 2 is 1.86 bits per heavy atom. The molecule has 0 aliphatic carbocycles. The van der Waals surface area contributed by atoms with Gasteiger partial charge in [0.25, 0.3) is 0 Å². The molecule has 0 aliphatic heterocycles. The van der Waals surface area contributed by atoms with Crippen LogP contribution in [0.5, 0.6) is 0 Å². The summed E-state index contributed by atoms with van der Waals surface area (Å²) in [6, 6.07) is 6.54. The number of benzene rings is 1. The van der Waals surface area contributed by atoms with Crippen LogP contribution in [0, 0.1) is 13.8 Å². The Kier molecular flexibility index (Phi) is 5.77. The Hall–Kier alpha value is -1.62. The topological polar surface area (TPSA) is 49.8 Å². The lowest BCUT2D eigenvalue weighted by Crippen LogP contribution is -2.19. The molecule has 0 aliphatic rings. The van der Waals surface area contributed by atoms with E-state index in [1.54, 1.807) is 0 Å². The van der Waals surface area contributed by atoms with E-state index in [0.29, 0.717) is 12.0 Å². The van der Waals surface area contributed by atoms with Crippen molar-refractivity contribution in [3.63, 3.8) is 0 Å². The van der Waals surface area contributed by atoms with Crippen LogP contribution in [-0.4, -0.2) is 16.0 Å². The number of rotatable bonds is 6. The maximum absolute atomic E-state index is 4.61. The molecule has 2 N–H and O–H groups in total. The van der Waals surface area contributed by atoms with Crippen molar-refractivity contribution in [1.29, 1.82) is 0 Å². The highest BCUT2D eigenvalue weighted by atomic mass is 79.9. The normalized spacial score (nSPS) is 10.8. The van der Waals surface area contributed by atoms with E-state index in [-0.39, 0.29) is 0 Å². The van der Waals surface area contributed by atoms with Crippen molar-refractivity contribution in [2.75, 3.05) is 10.6 Å². The third-order valence-electron chi connectivity index (χ3n) is 3.71. The molecule has 0 amide bonds. The number of halogens is 1. The van der Waals surface area contributed by atoms with Crippen LogP contribution >= 0.6 is 15.9 Å². The molecule has 0 saturated heterocycles. The van der Waals surface area contributed by atoms with Gasteiger partial charge in [-0.3, -0.25) is 0 Å². The van der Waals surface area contributed by atoms with E-state index in [0.717, 1.165) is 34.4 Å². The molecule has 1 heterocycles. The molecule has 22 heavy (non-hydrogen) atoms. The Balaban J connectivity index is 2.19. The lowest BCUT2D eigenvalue weighted by molar-refractivity contribution is 0.667. The molecular weight excluding hydrogens is 340 g/mol. The Labute approximate surface area is 140 Å². The minimum atomic E-state index is 0.441. The maximum atomic E-state index is 4.61. The minimum Gasteiger partial charge on any atom is -0.367 e. The van der Waals surface area contributed by atoms with Gasteiger partial charge in [0.15, 0.2) is 0 Å². The van der Waals surface area contributed by atoms with Crippen molar-refractivity contribution >= 4 is 33.4 Å². The molecule has 0 radical (unpaired) electrons. The largest absolute Gasteiger partial charge is 0.367 e. The lowest BCUT2D eigenvalue weighted by Gasteiger charge is -2.17. The fourth-order valence-electron chi connectivity index (χ4n) is 2.19. The van der Waals surface area contributed by atoms with Crippen molar-refractivity contribution < 1.29 is 0 Å². The first-order valence-corrected chi connectivity index (χ1v) is 8.46. The number of nitrogens with zero attached hydrogens (tertiary/aromatic N) is 2. The molecule has 2 rings (SSSR count). The molecule has 2 aromatic rings. The van der Waals surface area contributed by atoms with Gasteiger partial charge in [-0.15, -0.1) is 0 Å². The molecular formula is C17H23BrN4. The van der Waals surface area contributed by atoms with Gasteiger partial charge in [0.2, 0.25) is 5.95 Å². The fraction of sp³-hybridized carbons (Fsp3) is 0.412. The van der Waals surface area contributed by atoms with Gasteiger partial charge in [0, 0.05) is 28.0 Å². The maximum Gasteiger partial charge on any atom is 0.229 e. The van der Waals surface area contributed by atoms with E-state index in [9.17, 15) is 0 Å². The number of aryl methyl sites for hydroxylation is 2. The average Bonchev–Trinajstić information content (AvgIpc) is 2.51. The quantitative estimate of drug-likeness (QED) is 0.741. The Morgan fingerprint density at radius 1 is 1.14 bits per heavy atom. The average molecular weight is 363 g/mol. The van der Waals surface area contributed by atoms with E-state index in [2.05, 4.69) is 63.4 Å². The Morgan fingerprint density at radius 3 is 2.50 bits per heavy atom. The summed E-state index contributed by atoms with van der Waals surface area (Å²) in [7, 11) is 0. The summed E-state index contributed by atoms with van der Waals surface area (Å²) in [5, 5.41) is 6.76. The Bertz CT molecular complexity index is 639. The van der Waals surface area contributed by atoms with Crippen LogP contribution in [-0.2, 0) is 0 Å². The lowest BCUT2D eigenvalue weighted by atomic mass is 10.1. The van der Waals surface area contributed by atoms with E-state index in [4.69, 9.17) is 0 Å². The zero-order chi connectivity index (χ0) is 16.1. The first-order valence-electron chi connectivity index (χ1n) is 7.66. The predicted octanol–water partition coefficient (Wildman–Crippen LogP) is 5.20.